The minimum Gasteiger partial charge on any atom is -0.110 e. The van der Waals surface area contributed by atoms with E-state index < -0.39 is 0 Å². The van der Waals surface area contributed by atoms with Crippen molar-refractivity contribution in [3.05, 3.63) is 5.56 Å². The molecule has 0 saturated carbocycles. The first-order valence-corrected chi connectivity index (χ1v) is 6.52. The van der Waals surface area contributed by atoms with Crippen LogP contribution in [0.25, 0.3) is 10.8 Å². The molecule has 86 valence electrons. The smallest absolute Gasteiger partial charge is 0.110 e. The Morgan fingerprint density at radius 3 is 1.19 bits per heavy atom. The van der Waals surface area contributed by atoms with Gasteiger partial charge < -0.3 is 0 Å². The van der Waals surface area contributed by atoms with Gasteiger partial charge in [0.05, 0.1) is 0 Å². The van der Waals surface area contributed by atoms with Gasteiger partial charge in [-0.25, -0.2) is 0 Å². The van der Waals surface area contributed by atoms with Crippen LogP contribution in [0.2, 0.25) is 0 Å². The molecule has 0 aromatic heterocycles. The summed E-state index contributed by atoms with van der Waals surface area (Å²) in [5.41, 5.74) is 2.46. The molecule has 0 N–H and O–H groups in total. The van der Waals surface area contributed by atoms with Gasteiger partial charge in [0.15, 0.2) is 0 Å². The Morgan fingerprint density at radius 1 is 0.476 bits per heavy atom. The standard InChI is InChI=1S/C14H9B7/c1-14(2,3)6-7(15)4-5(8(16)11(6)19)10(18)13(21)12(20)9(4)17/h1-3H3. The largest absolute Gasteiger partial charge is 0.115 e. The zero-order chi connectivity index (χ0) is 16.3. The molecule has 0 saturated heterocycles. The van der Waals surface area contributed by atoms with Gasteiger partial charge in [0, 0.05) is 0 Å². The first-order valence-electron chi connectivity index (χ1n) is 6.52. The number of rotatable bonds is 0. The van der Waals surface area contributed by atoms with Crippen molar-refractivity contribution in [3.8, 4) is 0 Å². The molecule has 0 amide bonds. The predicted octanol–water partition coefficient (Wildman–Crippen LogP) is -4.31. The summed E-state index contributed by atoms with van der Waals surface area (Å²) < 4.78 is 0. The molecule has 2 aromatic carbocycles. The molecule has 0 nitrogen and oxygen atoms in total. The van der Waals surface area contributed by atoms with E-state index in [0.717, 1.165) is 5.56 Å². The van der Waals surface area contributed by atoms with Gasteiger partial charge in [0.2, 0.25) is 0 Å². The summed E-state index contributed by atoms with van der Waals surface area (Å²) in [5.74, 6) is 0. The van der Waals surface area contributed by atoms with E-state index in [1.54, 1.807) is 0 Å². The Bertz CT molecular complexity index is 757. The number of benzene rings is 2. The maximum absolute atomic E-state index is 6.30. The average molecular weight is 253 g/mol. The van der Waals surface area contributed by atoms with Crippen LogP contribution in [-0.4, -0.2) is 54.9 Å². The normalized spacial score (nSPS) is 12.0. The molecule has 7 heteroatoms. The Kier molecular flexibility index (Phi) is 4.02. The van der Waals surface area contributed by atoms with Gasteiger partial charge in [-0.3, -0.25) is 0 Å². The third kappa shape index (κ3) is 2.33. The molecule has 0 fully saturated rings. The lowest BCUT2D eigenvalue weighted by Gasteiger charge is -2.31. The monoisotopic (exact) mass is 254 g/mol. The van der Waals surface area contributed by atoms with Gasteiger partial charge in [0.1, 0.15) is 54.9 Å². The van der Waals surface area contributed by atoms with Crippen molar-refractivity contribution < 1.29 is 0 Å². The summed E-state index contributed by atoms with van der Waals surface area (Å²) in [4.78, 5) is 0. The molecule has 0 aliphatic rings. The molecule has 0 atom stereocenters. The fourth-order valence-electron chi connectivity index (χ4n) is 2.74. The fraction of sp³-hybridized carbons (Fsp3) is 0.286. The van der Waals surface area contributed by atoms with Crippen LogP contribution >= 0.6 is 0 Å². The van der Waals surface area contributed by atoms with Crippen LogP contribution in [0.1, 0.15) is 26.3 Å². The Labute approximate surface area is 136 Å². The second-order valence-electron chi connectivity index (χ2n) is 6.27. The third-order valence-corrected chi connectivity index (χ3v) is 3.78. The van der Waals surface area contributed by atoms with Crippen molar-refractivity contribution in [1.29, 1.82) is 0 Å². The fourth-order valence-corrected chi connectivity index (χ4v) is 2.74. The van der Waals surface area contributed by atoms with E-state index in [0.29, 0.717) is 27.2 Å². The SMILES string of the molecule is [B]c1c([B])c([B])c2c([B])c(C(C)(C)C)c([B])c([B])c2c1[B]. The first-order chi connectivity index (χ1) is 9.50. The maximum atomic E-state index is 6.30. The van der Waals surface area contributed by atoms with E-state index >= 15 is 0 Å². The van der Waals surface area contributed by atoms with Crippen LogP contribution < -0.4 is 38.2 Å². The lowest BCUT2D eigenvalue weighted by atomic mass is 9.57. The molecule has 0 heterocycles. The lowest BCUT2D eigenvalue weighted by Crippen LogP contribution is -2.53. The molecule has 0 aliphatic carbocycles. The molecule has 2 rings (SSSR count). The highest BCUT2D eigenvalue weighted by Gasteiger charge is 2.23. The summed E-state index contributed by atoms with van der Waals surface area (Å²) >= 11 is 0. The van der Waals surface area contributed by atoms with E-state index in [2.05, 4.69) is 0 Å². The summed E-state index contributed by atoms with van der Waals surface area (Å²) in [6.45, 7) is 5.96. The van der Waals surface area contributed by atoms with Crippen molar-refractivity contribution in [3.63, 3.8) is 0 Å². The topological polar surface area (TPSA) is 0 Å². The van der Waals surface area contributed by atoms with Gasteiger partial charge in [0.25, 0.3) is 0 Å². The second-order valence-corrected chi connectivity index (χ2v) is 6.27. The van der Waals surface area contributed by atoms with Crippen LogP contribution in [-0.2, 0) is 5.41 Å². The average Bonchev–Trinajstić information content (AvgIpc) is 2.36. The highest BCUT2D eigenvalue weighted by Crippen LogP contribution is 2.19. The zero-order valence-corrected chi connectivity index (χ0v) is 12.5. The summed E-state index contributed by atoms with van der Waals surface area (Å²) in [6, 6.07) is 0. The minimum atomic E-state index is -0.312. The van der Waals surface area contributed by atoms with E-state index in [1.165, 1.54) is 0 Å². The molecule has 14 radical (unpaired) electrons. The maximum Gasteiger partial charge on any atom is 0.115 e. The van der Waals surface area contributed by atoms with Gasteiger partial charge in [-0.15, -0.1) is 10.9 Å². The van der Waals surface area contributed by atoms with Gasteiger partial charge in [-0.1, -0.05) is 53.6 Å². The highest BCUT2D eigenvalue weighted by molar-refractivity contribution is 6.71. The van der Waals surface area contributed by atoms with Crippen molar-refractivity contribution >= 4 is 104 Å². The molecular weight excluding hydrogens is 244 g/mol. The Balaban J connectivity index is 3.19. The first kappa shape index (κ1) is 16.5. The van der Waals surface area contributed by atoms with Crippen LogP contribution in [0.3, 0.4) is 0 Å². The predicted molar refractivity (Wildman–Crippen MR) is 100 cm³/mol. The molecular formula is C14H9B7. The summed E-state index contributed by atoms with van der Waals surface area (Å²) in [5, 5.41) is 0.970. The summed E-state index contributed by atoms with van der Waals surface area (Å²) in [6.07, 6.45) is 0. The number of hydrogen-bond acceptors (Lipinski definition) is 0. The molecule has 21 heavy (non-hydrogen) atoms. The van der Waals surface area contributed by atoms with Crippen LogP contribution in [0, 0.1) is 0 Å². The zero-order valence-electron chi connectivity index (χ0n) is 12.5. The molecule has 0 bridgehead atoms. The van der Waals surface area contributed by atoms with Crippen molar-refractivity contribution in [2.75, 3.05) is 0 Å². The van der Waals surface area contributed by atoms with Crippen LogP contribution in [0.4, 0.5) is 0 Å². The van der Waals surface area contributed by atoms with Gasteiger partial charge in [-0.05, 0) is 16.2 Å². The third-order valence-electron chi connectivity index (χ3n) is 3.78. The van der Waals surface area contributed by atoms with E-state index in [4.69, 9.17) is 54.9 Å². The van der Waals surface area contributed by atoms with E-state index in [1.807, 2.05) is 20.8 Å². The second kappa shape index (κ2) is 5.11. The molecule has 0 aliphatic heterocycles. The van der Waals surface area contributed by atoms with Crippen LogP contribution in [0.5, 0.6) is 0 Å². The Morgan fingerprint density at radius 2 is 0.810 bits per heavy atom. The van der Waals surface area contributed by atoms with Crippen molar-refractivity contribution in [2.24, 2.45) is 0 Å². The van der Waals surface area contributed by atoms with Gasteiger partial charge in [-0.2, -0.15) is 0 Å². The van der Waals surface area contributed by atoms with Crippen molar-refractivity contribution in [1.82, 2.24) is 0 Å². The minimum absolute atomic E-state index is 0.189. The van der Waals surface area contributed by atoms with Crippen LogP contribution in [0.15, 0.2) is 0 Å². The molecule has 0 unspecified atom stereocenters. The highest BCUT2D eigenvalue weighted by atomic mass is 14.2. The number of fused-ring (bicyclic) bond motifs is 1. The quantitative estimate of drug-likeness (QED) is 0.417. The molecule has 0 spiro atoms. The number of hydrogen-bond donors (Lipinski definition) is 0. The van der Waals surface area contributed by atoms with E-state index in [9.17, 15) is 0 Å². The van der Waals surface area contributed by atoms with Gasteiger partial charge >= 0.3 is 0 Å². The summed E-state index contributed by atoms with van der Waals surface area (Å²) in [7, 11) is 42.5. The van der Waals surface area contributed by atoms with Crippen molar-refractivity contribution in [2.45, 2.75) is 26.2 Å². The Hall–Kier alpha value is -0.845. The molecule has 2 aromatic rings. The van der Waals surface area contributed by atoms with E-state index in [-0.39, 0.29) is 27.3 Å². The lowest BCUT2D eigenvalue weighted by molar-refractivity contribution is 0.599.